The molecule has 0 saturated carbocycles. The lowest BCUT2D eigenvalue weighted by Gasteiger charge is -2.14. The molecule has 2 N–H and O–H groups in total. The summed E-state index contributed by atoms with van der Waals surface area (Å²) in [6.07, 6.45) is 2.09. The van der Waals surface area contributed by atoms with E-state index < -0.39 is 0 Å². The third kappa shape index (κ3) is 4.19. The van der Waals surface area contributed by atoms with Crippen molar-refractivity contribution in [2.75, 3.05) is 6.54 Å². The van der Waals surface area contributed by atoms with E-state index in [1.165, 1.54) is 14.2 Å². The fraction of sp³-hybridized carbons (Fsp3) is 0.286. The van der Waals surface area contributed by atoms with Gasteiger partial charge >= 0.3 is 0 Å². The summed E-state index contributed by atoms with van der Waals surface area (Å²) in [4.78, 5) is 1.40. The van der Waals surface area contributed by atoms with E-state index >= 15 is 0 Å². The molecule has 0 aliphatic rings. The fourth-order valence-electron chi connectivity index (χ4n) is 1.98. The Hall–Kier alpha value is -0.160. The van der Waals surface area contributed by atoms with Gasteiger partial charge in [-0.15, -0.1) is 11.3 Å². The Morgan fingerprint density at radius 2 is 1.94 bits per heavy atom. The van der Waals surface area contributed by atoms with Gasteiger partial charge in [-0.05, 0) is 71.1 Å². The van der Waals surface area contributed by atoms with Gasteiger partial charge in [-0.3, -0.25) is 0 Å². The maximum absolute atomic E-state index is 5.89. The molecule has 2 rings (SSSR count). The smallest absolute Gasteiger partial charge is 0.0701 e. The van der Waals surface area contributed by atoms with Crippen LogP contribution >= 0.6 is 43.2 Å². The van der Waals surface area contributed by atoms with Gasteiger partial charge < -0.3 is 5.73 Å². The first-order valence-corrected chi connectivity index (χ1v) is 8.26. The lowest BCUT2D eigenvalue weighted by Crippen LogP contribution is -2.18. The Labute approximate surface area is 129 Å². The summed E-state index contributed by atoms with van der Waals surface area (Å²) in [5, 5.41) is 0. The lowest BCUT2D eigenvalue weighted by atomic mass is 9.96. The van der Waals surface area contributed by atoms with Gasteiger partial charge in [-0.25, -0.2) is 0 Å². The molecule has 1 nitrogen and oxygen atoms in total. The van der Waals surface area contributed by atoms with Gasteiger partial charge in [0.1, 0.15) is 0 Å². The Morgan fingerprint density at radius 3 is 2.56 bits per heavy atom. The molecule has 0 amide bonds. The fourth-order valence-corrected chi connectivity index (χ4v) is 4.03. The molecule has 0 fully saturated rings. The largest absolute Gasteiger partial charge is 0.330 e. The van der Waals surface area contributed by atoms with Crippen molar-refractivity contribution in [1.82, 2.24) is 0 Å². The Bertz CT molecular complexity index is 510. The van der Waals surface area contributed by atoms with E-state index in [1.807, 2.05) is 0 Å². The van der Waals surface area contributed by atoms with Crippen molar-refractivity contribution in [1.29, 1.82) is 0 Å². The van der Waals surface area contributed by atoms with Gasteiger partial charge in [0.15, 0.2) is 0 Å². The Morgan fingerprint density at radius 1 is 1.11 bits per heavy atom. The number of nitrogens with two attached hydrogens (primary N) is 1. The molecule has 0 aliphatic carbocycles. The topological polar surface area (TPSA) is 26.0 Å². The molecule has 1 aromatic heterocycles. The standard InChI is InChI=1S/C14H15Br2NS/c15-12-3-1-2-10(7-12)6-11(9-17)8-13-4-5-14(16)18-13/h1-5,7,11H,6,8-9,17H2. The zero-order chi connectivity index (χ0) is 13.0. The molecule has 1 heterocycles. The average molecular weight is 389 g/mol. The van der Waals surface area contributed by atoms with E-state index in [0.29, 0.717) is 5.92 Å². The average Bonchev–Trinajstić information content (AvgIpc) is 2.74. The molecule has 1 aromatic carbocycles. The van der Waals surface area contributed by atoms with Crippen LogP contribution in [0.3, 0.4) is 0 Å². The molecular weight excluding hydrogens is 374 g/mol. The molecule has 0 spiro atoms. The maximum atomic E-state index is 5.89. The molecule has 0 bridgehead atoms. The Balaban J connectivity index is 2.01. The summed E-state index contributed by atoms with van der Waals surface area (Å²) < 4.78 is 2.32. The summed E-state index contributed by atoms with van der Waals surface area (Å²) in [5.41, 5.74) is 7.24. The van der Waals surface area contributed by atoms with Crippen molar-refractivity contribution < 1.29 is 0 Å². The molecule has 2 aromatic rings. The normalized spacial score (nSPS) is 12.6. The molecule has 1 unspecified atom stereocenters. The van der Waals surface area contributed by atoms with Crippen LogP contribution in [0.5, 0.6) is 0 Å². The van der Waals surface area contributed by atoms with Crippen molar-refractivity contribution in [3.63, 3.8) is 0 Å². The summed E-state index contributed by atoms with van der Waals surface area (Å²) in [6, 6.07) is 12.8. The minimum absolute atomic E-state index is 0.504. The molecule has 0 radical (unpaired) electrons. The second-order valence-corrected chi connectivity index (χ2v) is 7.81. The number of thiophene rings is 1. The van der Waals surface area contributed by atoms with E-state index in [2.05, 4.69) is 68.3 Å². The minimum Gasteiger partial charge on any atom is -0.330 e. The Kier molecular flexibility index (Phi) is 5.42. The first-order valence-electron chi connectivity index (χ1n) is 5.86. The van der Waals surface area contributed by atoms with E-state index in [-0.39, 0.29) is 0 Å². The molecule has 1 atom stereocenters. The zero-order valence-electron chi connectivity index (χ0n) is 9.90. The van der Waals surface area contributed by atoms with Crippen molar-refractivity contribution in [2.24, 2.45) is 11.7 Å². The predicted molar refractivity (Wildman–Crippen MR) is 86.1 cm³/mol. The van der Waals surface area contributed by atoms with E-state index in [0.717, 1.165) is 23.9 Å². The highest BCUT2D eigenvalue weighted by Crippen LogP contribution is 2.25. The SMILES string of the molecule is NCC(Cc1cccc(Br)c1)Cc1ccc(Br)s1. The van der Waals surface area contributed by atoms with Crippen LogP contribution in [0.1, 0.15) is 10.4 Å². The molecule has 96 valence electrons. The maximum Gasteiger partial charge on any atom is 0.0701 e. The van der Waals surface area contributed by atoms with Crippen LogP contribution in [0.15, 0.2) is 44.7 Å². The molecule has 0 aliphatic heterocycles. The van der Waals surface area contributed by atoms with Gasteiger partial charge in [-0.2, -0.15) is 0 Å². The quantitative estimate of drug-likeness (QED) is 0.793. The highest BCUT2D eigenvalue weighted by molar-refractivity contribution is 9.11. The number of hydrogen-bond donors (Lipinski definition) is 1. The summed E-state index contributed by atoms with van der Waals surface area (Å²) in [6.45, 7) is 0.724. The first kappa shape index (κ1) is 14.3. The van der Waals surface area contributed by atoms with Gasteiger partial charge in [0, 0.05) is 9.35 Å². The molecule has 4 heteroatoms. The molecular formula is C14H15Br2NS. The van der Waals surface area contributed by atoms with Crippen LogP contribution in [0.2, 0.25) is 0 Å². The minimum atomic E-state index is 0.504. The van der Waals surface area contributed by atoms with Gasteiger partial charge in [0.2, 0.25) is 0 Å². The van der Waals surface area contributed by atoms with Gasteiger partial charge in [0.05, 0.1) is 3.79 Å². The number of hydrogen-bond acceptors (Lipinski definition) is 2. The first-order chi connectivity index (χ1) is 8.67. The second-order valence-electron chi connectivity index (χ2n) is 4.35. The number of rotatable bonds is 5. The lowest BCUT2D eigenvalue weighted by molar-refractivity contribution is 0.537. The van der Waals surface area contributed by atoms with Crippen molar-refractivity contribution in [3.8, 4) is 0 Å². The van der Waals surface area contributed by atoms with E-state index in [1.54, 1.807) is 11.3 Å². The van der Waals surface area contributed by atoms with Crippen LogP contribution in [0.4, 0.5) is 0 Å². The number of halogens is 2. The highest BCUT2D eigenvalue weighted by atomic mass is 79.9. The third-order valence-electron chi connectivity index (χ3n) is 2.87. The summed E-state index contributed by atoms with van der Waals surface area (Å²) in [5.74, 6) is 0.504. The van der Waals surface area contributed by atoms with Crippen molar-refractivity contribution >= 4 is 43.2 Å². The highest BCUT2D eigenvalue weighted by Gasteiger charge is 2.10. The molecule has 18 heavy (non-hydrogen) atoms. The second kappa shape index (κ2) is 6.85. The number of benzene rings is 1. The van der Waals surface area contributed by atoms with Crippen LogP contribution in [0.25, 0.3) is 0 Å². The van der Waals surface area contributed by atoms with Crippen molar-refractivity contribution in [3.05, 3.63) is 55.1 Å². The van der Waals surface area contributed by atoms with E-state index in [9.17, 15) is 0 Å². The zero-order valence-corrected chi connectivity index (χ0v) is 13.9. The molecule has 0 saturated heterocycles. The monoisotopic (exact) mass is 387 g/mol. The van der Waals surface area contributed by atoms with Gasteiger partial charge in [0.25, 0.3) is 0 Å². The summed E-state index contributed by atoms with van der Waals surface area (Å²) >= 11 is 8.81. The van der Waals surface area contributed by atoms with Gasteiger partial charge in [-0.1, -0.05) is 28.1 Å². The van der Waals surface area contributed by atoms with E-state index in [4.69, 9.17) is 5.73 Å². The van der Waals surface area contributed by atoms with Crippen LogP contribution in [-0.4, -0.2) is 6.54 Å². The van der Waals surface area contributed by atoms with Crippen LogP contribution < -0.4 is 5.73 Å². The van der Waals surface area contributed by atoms with Crippen LogP contribution in [0, 0.1) is 5.92 Å². The van der Waals surface area contributed by atoms with Crippen LogP contribution in [-0.2, 0) is 12.8 Å². The third-order valence-corrected chi connectivity index (χ3v) is 5.00. The van der Waals surface area contributed by atoms with Crippen molar-refractivity contribution in [2.45, 2.75) is 12.8 Å². The predicted octanol–water partition coefficient (Wildman–Crippen LogP) is 4.63. The summed E-state index contributed by atoms with van der Waals surface area (Å²) in [7, 11) is 0.